The fraction of sp³-hybridized carbons (Fsp3) is 0.421. The number of hydrogen-bond donors (Lipinski definition) is 1. The molecule has 0 radical (unpaired) electrons. The van der Waals surface area contributed by atoms with E-state index in [1.807, 2.05) is 49.1 Å². The van der Waals surface area contributed by atoms with Crippen LogP contribution >= 0.6 is 12.4 Å². The predicted molar refractivity (Wildman–Crippen MR) is 102 cm³/mol. The van der Waals surface area contributed by atoms with Gasteiger partial charge in [0, 0.05) is 42.8 Å². The average Bonchev–Trinajstić information content (AvgIpc) is 2.89. The second-order valence-corrected chi connectivity index (χ2v) is 6.42. The zero-order valence-corrected chi connectivity index (χ0v) is 16.0. The number of carbonyl (C=O) groups is 1. The first kappa shape index (κ1) is 19.3. The highest BCUT2D eigenvalue weighted by Crippen LogP contribution is 2.24. The first-order chi connectivity index (χ1) is 11.5. The van der Waals surface area contributed by atoms with Crippen LogP contribution in [0.1, 0.15) is 28.7 Å². The number of nitrogens with one attached hydrogen (secondary N) is 1. The fourth-order valence-corrected chi connectivity index (χ4v) is 3.40. The molecule has 1 aliphatic heterocycles. The van der Waals surface area contributed by atoms with Gasteiger partial charge in [0.15, 0.2) is 0 Å². The minimum Gasteiger partial charge on any atom is -0.497 e. The van der Waals surface area contributed by atoms with Crippen molar-refractivity contribution in [3.05, 3.63) is 47.3 Å². The van der Waals surface area contributed by atoms with Crippen molar-refractivity contribution in [1.29, 1.82) is 0 Å². The number of aromatic nitrogens is 1. The molecule has 25 heavy (non-hydrogen) atoms. The maximum absolute atomic E-state index is 12.9. The average molecular weight is 364 g/mol. The maximum atomic E-state index is 12.9. The number of aryl methyl sites for hydroxylation is 1. The van der Waals surface area contributed by atoms with Gasteiger partial charge in [0.25, 0.3) is 5.91 Å². The lowest BCUT2D eigenvalue weighted by atomic mass is 10.1. The third-order valence-electron chi connectivity index (χ3n) is 4.65. The molecule has 1 unspecified atom stereocenters. The van der Waals surface area contributed by atoms with Crippen LogP contribution in [0.25, 0.3) is 5.69 Å². The summed E-state index contributed by atoms with van der Waals surface area (Å²) in [4.78, 5) is 14.9. The van der Waals surface area contributed by atoms with E-state index in [9.17, 15) is 4.79 Å². The van der Waals surface area contributed by atoms with Gasteiger partial charge in [0.1, 0.15) is 5.75 Å². The molecule has 1 amide bonds. The van der Waals surface area contributed by atoms with E-state index in [1.165, 1.54) is 0 Å². The van der Waals surface area contributed by atoms with E-state index >= 15 is 0 Å². The number of carbonyl (C=O) groups excluding carboxylic acids is 1. The molecule has 2 aromatic rings. The fourth-order valence-electron chi connectivity index (χ4n) is 3.40. The lowest BCUT2D eigenvalue weighted by molar-refractivity contribution is 0.0708. The second kappa shape index (κ2) is 7.93. The lowest BCUT2D eigenvalue weighted by Gasteiger charge is -2.32. The van der Waals surface area contributed by atoms with Gasteiger partial charge in [0.05, 0.1) is 12.7 Å². The van der Waals surface area contributed by atoms with Crippen molar-refractivity contribution in [3.63, 3.8) is 0 Å². The van der Waals surface area contributed by atoms with Crippen LogP contribution in [0.3, 0.4) is 0 Å². The molecular weight excluding hydrogens is 338 g/mol. The highest BCUT2D eigenvalue weighted by atomic mass is 35.5. The zero-order chi connectivity index (χ0) is 17.3. The molecule has 1 aromatic heterocycles. The molecule has 3 rings (SSSR count). The third-order valence-corrected chi connectivity index (χ3v) is 4.65. The van der Waals surface area contributed by atoms with Gasteiger partial charge < -0.3 is 19.5 Å². The lowest BCUT2D eigenvalue weighted by Crippen LogP contribution is -2.51. The summed E-state index contributed by atoms with van der Waals surface area (Å²) < 4.78 is 7.35. The Kier molecular flexibility index (Phi) is 6.14. The van der Waals surface area contributed by atoms with Gasteiger partial charge in [-0.15, -0.1) is 12.4 Å². The van der Waals surface area contributed by atoms with E-state index in [2.05, 4.69) is 16.8 Å². The predicted octanol–water partition coefficient (Wildman–Crippen LogP) is 2.96. The van der Waals surface area contributed by atoms with Crippen LogP contribution in [0.2, 0.25) is 0 Å². The highest BCUT2D eigenvalue weighted by Gasteiger charge is 2.25. The van der Waals surface area contributed by atoms with Gasteiger partial charge in [-0.25, -0.2) is 0 Å². The summed E-state index contributed by atoms with van der Waals surface area (Å²) >= 11 is 0. The number of ether oxygens (including phenoxy) is 1. The molecule has 0 aliphatic carbocycles. The van der Waals surface area contributed by atoms with E-state index in [0.29, 0.717) is 6.04 Å². The Labute approximate surface area is 155 Å². The first-order valence-electron chi connectivity index (χ1n) is 8.37. The van der Waals surface area contributed by atoms with Gasteiger partial charge in [-0.05, 0) is 51.1 Å². The van der Waals surface area contributed by atoms with Crippen LogP contribution in [0.15, 0.2) is 30.3 Å². The van der Waals surface area contributed by atoms with Crippen molar-refractivity contribution < 1.29 is 9.53 Å². The Morgan fingerprint density at radius 3 is 2.52 bits per heavy atom. The van der Waals surface area contributed by atoms with Crippen LogP contribution < -0.4 is 10.1 Å². The monoisotopic (exact) mass is 363 g/mol. The first-order valence-corrected chi connectivity index (χ1v) is 8.37. The van der Waals surface area contributed by atoms with Gasteiger partial charge in [-0.3, -0.25) is 4.79 Å². The summed E-state index contributed by atoms with van der Waals surface area (Å²) in [6.45, 7) is 8.52. The molecular formula is C19H26ClN3O2. The van der Waals surface area contributed by atoms with Crippen LogP contribution in [-0.4, -0.2) is 48.2 Å². The van der Waals surface area contributed by atoms with Gasteiger partial charge in [-0.1, -0.05) is 0 Å². The summed E-state index contributed by atoms with van der Waals surface area (Å²) in [5.74, 6) is 0.948. The smallest absolute Gasteiger partial charge is 0.255 e. The van der Waals surface area contributed by atoms with Crippen molar-refractivity contribution in [2.75, 3.05) is 26.7 Å². The Bertz CT molecular complexity index is 740. The molecule has 6 heteroatoms. The number of hydrogen-bond acceptors (Lipinski definition) is 3. The standard InChI is InChI=1S/C19H25N3O2.ClH/c1-13-12-21(10-9-20-13)19(23)18-11-14(2)22(15(18)3)16-5-7-17(24-4)8-6-16;/h5-8,11,13,20H,9-10,12H2,1-4H3;1H. The van der Waals surface area contributed by atoms with Crippen molar-refractivity contribution in [1.82, 2.24) is 14.8 Å². The summed E-state index contributed by atoms with van der Waals surface area (Å²) in [6.07, 6.45) is 0. The summed E-state index contributed by atoms with van der Waals surface area (Å²) in [5, 5.41) is 3.38. The molecule has 2 heterocycles. The van der Waals surface area contributed by atoms with Crippen molar-refractivity contribution in [2.24, 2.45) is 0 Å². The van der Waals surface area contributed by atoms with Gasteiger partial charge in [0.2, 0.25) is 0 Å². The quantitative estimate of drug-likeness (QED) is 0.912. The molecule has 1 atom stereocenters. The number of piperazine rings is 1. The molecule has 1 aromatic carbocycles. The zero-order valence-electron chi connectivity index (χ0n) is 15.2. The van der Waals surface area contributed by atoms with Crippen LogP contribution in [-0.2, 0) is 0 Å². The molecule has 0 spiro atoms. The summed E-state index contributed by atoms with van der Waals surface area (Å²) in [7, 11) is 1.66. The number of amides is 1. The molecule has 1 N–H and O–H groups in total. The number of rotatable bonds is 3. The molecule has 1 aliphatic rings. The molecule has 0 bridgehead atoms. The third kappa shape index (κ3) is 3.83. The molecule has 5 nitrogen and oxygen atoms in total. The summed E-state index contributed by atoms with van der Waals surface area (Å²) in [5.41, 5.74) is 3.87. The van der Waals surface area contributed by atoms with Crippen LogP contribution in [0.4, 0.5) is 0 Å². The van der Waals surface area contributed by atoms with Crippen molar-refractivity contribution >= 4 is 18.3 Å². The molecule has 0 saturated carbocycles. The Hall–Kier alpha value is -1.98. The Morgan fingerprint density at radius 1 is 1.24 bits per heavy atom. The minimum atomic E-state index is 0. The van der Waals surface area contributed by atoms with Crippen LogP contribution in [0, 0.1) is 13.8 Å². The molecule has 1 fully saturated rings. The normalized spacial score (nSPS) is 17.1. The van der Waals surface area contributed by atoms with E-state index in [1.54, 1.807) is 7.11 Å². The SMILES string of the molecule is COc1ccc(-n2c(C)cc(C(=O)N3CCNC(C)C3)c2C)cc1.Cl. The largest absolute Gasteiger partial charge is 0.497 e. The van der Waals surface area contributed by atoms with Crippen molar-refractivity contribution in [3.8, 4) is 11.4 Å². The van der Waals surface area contributed by atoms with E-state index in [4.69, 9.17) is 4.74 Å². The van der Waals surface area contributed by atoms with E-state index in [0.717, 1.165) is 48.0 Å². The van der Waals surface area contributed by atoms with E-state index < -0.39 is 0 Å². The highest BCUT2D eigenvalue weighted by molar-refractivity contribution is 5.96. The van der Waals surface area contributed by atoms with E-state index in [-0.39, 0.29) is 18.3 Å². The number of methoxy groups -OCH3 is 1. The number of halogens is 1. The maximum Gasteiger partial charge on any atom is 0.255 e. The topological polar surface area (TPSA) is 46.5 Å². The molecule has 1 saturated heterocycles. The van der Waals surface area contributed by atoms with Crippen molar-refractivity contribution in [2.45, 2.75) is 26.8 Å². The molecule has 136 valence electrons. The summed E-state index contributed by atoms with van der Waals surface area (Å²) in [6, 6.07) is 10.2. The Balaban J connectivity index is 0.00000225. The Morgan fingerprint density at radius 2 is 1.92 bits per heavy atom. The number of nitrogens with zero attached hydrogens (tertiary/aromatic N) is 2. The van der Waals surface area contributed by atoms with Gasteiger partial charge in [-0.2, -0.15) is 0 Å². The minimum absolute atomic E-state index is 0. The second-order valence-electron chi connectivity index (χ2n) is 6.42. The van der Waals surface area contributed by atoms with Crippen LogP contribution in [0.5, 0.6) is 5.75 Å². The number of benzene rings is 1. The van der Waals surface area contributed by atoms with Gasteiger partial charge >= 0.3 is 0 Å².